The molecule has 0 saturated carbocycles. The van der Waals surface area contributed by atoms with Gasteiger partial charge in [0.1, 0.15) is 0 Å². The molecule has 0 aliphatic heterocycles. The van der Waals surface area contributed by atoms with E-state index in [1.807, 2.05) is 0 Å². The molecule has 0 amide bonds. The second-order valence-electron chi connectivity index (χ2n) is 2.28. The maximum atomic E-state index is 4.85. The summed E-state index contributed by atoms with van der Waals surface area (Å²) in [6.07, 6.45) is 8.93. The topological polar surface area (TPSA) is 9.23 Å². The first-order chi connectivity index (χ1) is 4.91. The number of methoxy groups -OCH3 is 1. The van der Waals surface area contributed by atoms with E-state index in [0.717, 1.165) is 13.0 Å². The third-order valence-corrected chi connectivity index (χ3v) is 1.30. The van der Waals surface area contributed by atoms with E-state index in [0.29, 0.717) is 0 Å². The highest BCUT2D eigenvalue weighted by Crippen LogP contribution is 1.98. The summed E-state index contributed by atoms with van der Waals surface area (Å²) in [5, 5.41) is 0. The van der Waals surface area contributed by atoms with E-state index in [-0.39, 0.29) is 0 Å². The Morgan fingerprint density at radius 2 is 2.10 bits per heavy atom. The number of hydrogen-bond acceptors (Lipinski definition) is 1. The van der Waals surface area contributed by atoms with E-state index in [1.165, 1.54) is 19.3 Å². The summed E-state index contributed by atoms with van der Waals surface area (Å²) in [6.45, 7) is 4.51. The van der Waals surface area contributed by atoms with Crippen LogP contribution in [0.15, 0.2) is 12.2 Å². The molecule has 0 heterocycles. The Balaban J connectivity index is 2.88. The zero-order chi connectivity index (χ0) is 7.66. The van der Waals surface area contributed by atoms with Gasteiger partial charge < -0.3 is 4.74 Å². The lowest BCUT2D eigenvalue weighted by Gasteiger charge is -1.91. The van der Waals surface area contributed by atoms with Crippen molar-refractivity contribution in [3.8, 4) is 0 Å². The van der Waals surface area contributed by atoms with E-state index in [1.54, 1.807) is 7.11 Å². The van der Waals surface area contributed by atoms with Crippen molar-refractivity contribution in [2.45, 2.75) is 25.7 Å². The lowest BCUT2D eigenvalue weighted by molar-refractivity contribution is 0.233. The maximum Gasteiger partial charge on any atom is 0.0643 e. The first kappa shape index (κ1) is 9.70. The van der Waals surface area contributed by atoms with Crippen molar-refractivity contribution in [1.82, 2.24) is 0 Å². The number of hydrogen-bond donors (Lipinski definition) is 0. The number of allylic oxidation sites excluding steroid dienone is 1. The van der Waals surface area contributed by atoms with Crippen molar-refractivity contribution in [2.24, 2.45) is 0 Å². The fourth-order valence-electron chi connectivity index (χ4n) is 0.721. The van der Waals surface area contributed by atoms with Crippen LogP contribution in [-0.2, 0) is 4.74 Å². The molecular formula is C9H17O. The molecule has 0 aliphatic rings. The highest BCUT2D eigenvalue weighted by Gasteiger charge is 1.80. The van der Waals surface area contributed by atoms with Crippen LogP contribution < -0.4 is 0 Å². The molecule has 10 heavy (non-hydrogen) atoms. The van der Waals surface area contributed by atoms with Gasteiger partial charge in [-0.15, -0.1) is 0 Å². The second kappa shape index (κ2) is 8.70. The van der Waals surface area contributed by atoms with Crippen LogP contribution in [0.4, 0.5) is 0 Å². The first-order valence-corrected chi connectivity index (χ1v) is 3.85. The summed E-state index contributed by atoms with van der Waals surface area (Å²) in [4.78, 5) is 0. The van der Waals surface area contributed by atoms with E-state index >= 15 is 0 Å². The van der Waals surface area contributed by atoms with Crippen LogP contribution in [0.1, 0.15) is 25.7 Å². The van der Waals surface area contributed by atoms with Crippen molar-refractivity contribution in [1.29, 1.82) is 0 Å². The van der Waals surface area contributed by atoms with Crippen LogP contribution in [0.2, 0.25) is 0 Å². The van der Waals surface area contributed by atoms with Gasteiger partial charge in [0.25, 0.3) is 0 Å². The predicted molar refractivity (Wildman–Crippen MR) is 44.8 cm³/mol. The average molecular weight is 141 g/mol. The van der Waals surface area contributed by atoms with Crippen LogP contribution in [0.3, 0.4) is 0 Å². The third kappa shape index (κ3) is 7.70. The van der Waals surface area contributed by atoms with E-state index in [4.69, 9.17) is 4.74 Å². The Labute approximate surface area is 64.1 Å². The van der Waals surface area contributed by atoms with Crippen LogP contribution in [-0.4, -0.2) is 13.7 Å². The highest BCUT2D eigenvalue weighted by molar-refractivity contribution is 4.80. The predicted octanol–water partition coefficient (Wildman–Crippen LogP) is 2.58. The minimum atomic E-state index is 0.740. The lowest BCUT2D eigenvalue weighted by atomic mass is 10.2. The first-order valence-electron chi connectivity index (χ1n) is 3.85. The van der Waals surface area contributed by atoms with Gasteiger partial charge in [-0.25, -0.2) is 0 Å². The van der Waals surface area contributed by atoms with Gasteiger partial charge in [-0.1, -0.05) is 31.9 Å². The molecule has 0 aromatic rings. The standard InChI is InChI=1S/C9H17O/c1-3-4-5-6-7-8-9-10-2/h7-8H,1,3-6,9H2,2H3/b8-7+. The minimum absolute atomic E-state index is 0.740. The molecule has 0 aliphatic carbocycles. The monoisotopic (exact) mass is 141 g/mol. The SMILES string of the molecule is [CH2]CCCC/C=C/COC. The molecule has 0 aromatic heterocycles. The number of unbranched alkanes of at least 4 members (excludes halogenated alkanes) is 3. The average Bonchev–Trinajstić information content (AvgIpc) is 1.97. The summed E-state index contributed by atoms with van der Waals surface area (Å²) in [5.74, 6) is 0. The van der Waals surface area contributed by atoms with Gasteiger partial charge in [0, 0.05) is 7.11 Å². The summed E-state index contributed by atoms with van der Waals surface area (Å²) in [7, 11) is 1.71. The van der Waals surface area contributed by atoms with Gasteiger partial charge in [0.15, 0.2) is 0 Å². The Kier molecular flexibility index (Phi) is 8.44. The van der Waals surface area contributed by atoms with Gasteiger partial charge in [-0.2, -0.15) is 0 Å². The van der Waals surface area contributed by atoms with Gasteiger partial charge in [-0.3, -0.25) is 0 Å². The molecule has 0 aromatic carbocycles. The quantitative estimate of drug-likeness (QED) is 0.408. The fourth-order valence-corrected chi connectivity index (χ4v) is 0.721. The van der Waals surface area contributed by atoms with Gasteiger partial charge in [0.05, 0.1) is 6.61 Å². The maximum absolute atomic E-state index is 4.85. The summed E-state index contributed by atoms with van der Waals surface area (Å²) in [6, 6.07) is 0. The van der Waals surface area contributed by atoms with E-state index in [9.17, 15) is 0 Å². The van der Waals surface area contributed by atoms with Crippen molar-refractivity contribution >= 4 is 0 Å². The molecule has 0 unspecified atom stereocenters. The molecule has 0 rings (SSSR count). The molecule has 0 bridgehead atoms. The molecule has 59 valence electrons. The Morgan fingerprint density at radius 3 is 2.70 bits per heavy atom. The minimum Gasteiger partial charge on any atom is -0.381 e. The fraction of sp³-hybridized carbons (Fsp3) is 0.667. The van der Waals surface area contributed by atoms with Crippen LogP contribution >= 0.6 is 0 Å². The molecule has 0 N–H and O–H groups in total. The highest BCUT2D eigenvalue weighted by atomic mass is 16.5. The molecule has 1 heteroatoms. The largest absolute Gasteiger partial charge is 0.381 e. The zero-order valence-corrected chi connectivity index (χ0v) is 6.81. The molecule has 0 saturated heterocycles. The van der Waals surface area contributed by atoms with Crippen molar-refractivity contribution in [2.75, 3.05) is 13.7 Å². The number of rotatable bonds is 6. The molecule has 1 nitrogen and oxygen atoms in total. The van der Waals surface area contributed by atoms with Crippen LogP contribution in [0.5, 0.6) is 0 Å². The van der Waals surface area contributed by atoms with Crippen molar-refractivity contribution in [3.05, 3.63) is 19.1 Å². The molecule has 0 fully saturated rings. The zero-order valence-electron chi connectivity index (χ0n) is 6.81. The molecule has 1 radical (unpaired) electrons. The second-order valence-corrected chi connectivity index (χ2v) is 2.28. The summed E-state index contributed by atoms with van der Waals surface area (Å²) >= 11 is 0. The Morgan fingerprint density at radius 1 is 1.30 bits per heavy atom. The van der Waals surface area contributed by atoms with E-state index in [2.05, 4.69) is 19.1 Å². The lowest BCUT2D eigenvalue weighted by Crippen LogP contribution is -1.80. The van der Waals surface area contributed by atoms with Crippen molar-refractivity contribution < 1.29 is 4.74 Å². The van der Waals surface area contributed by atoms with Crippen LogP contribution in [0.25, 0.3) is 0 Å². The molecule has 0 atom stereocenters. The summed E-state index contributed by atoms with van der Waals surface area (Å²) < 4.78 is 4.85. The van der Waals surface area contributed by atoms with E-state index < -0.39 is 0 Å². The molecular weight excluding hydrogens is 124 g/mol. The third-order valence-electron chi connectivity index (χ3n) is 1.30. The normalized spacial score (nSPS) is 11.0. The van der Waals surface area contributed by atoms with Gasteiger partial charge in [0.2, 0.25) is 0 Å². The summed E-state index contributed by atoms with van der Waals surface area (Å²) in [5.41, 5.74) is 0. The van der Waals surface area contributed by atoms with Crippen molar-refractivity contribution in [3.63, 3.8) is 0 Å². The molecule has 0 spiro atoms. The van der Waals surface area contributed by atoms with Crippen LogP contribution in [0, 0.1) is 6.92 Å². The Bertz CT molecular complexity index is 76.8. The van der Waals surface area contributed by atoms with Gasteiger partial charge in [-0.05, 0) is 12.8 Å². The van der Waals surface area contributed by atoms with Gasteiger partial charge >= 0.3 is 0 Å². The smallest absolute Gasteiger partial charge is 0.0643 e. The number of ether oxygens (including phenoxy) is 1. The Hall–Kier alpha value is -0.300.